The van der Waals surface area contributed by atoms with E-state index in [0.717, 1.165) is 96.5 Å². The number of hydrogen-bond acceptors (Lipinski definition) is 8. The standard InChI is InChI=1S/C45H57N7O7/c1-26(2)37(49-44(55)58-5)42(53)52-24-10-14-36(52)41-46-25-34(47-41)30-19-15-28(16-20-30)29-17-21-31(22-18-29)39-32-11-7-8-12-33(32)40(48-39)35-13-9-23-51(35)43(54)38(27(3)57-4)50-45(56)59-6/h15-22,25-27,35-38,48H,7-14,23-24H2,1-6H3,(H,46,47)(H,49,55)(H,50,56)/t27-,35+,36+,37+,38+/m1/s1. The van der Waals surface area contributed by atoms with Gasteiger partial charge in [0.1, 0.15) is 17.9 Å². The Balaban J connectivity index is 1.07. The first-order chi connectivity index (χ1) is 28.5. The zero-order chi connectivity index (χ0) is 41.8. The number of benzene rings is 2. The number of aromatic nitrogens is 3. The third-order valence-electron chi connectivity index (χ3n) is 12.3. The Morgan fingerprint density at radius 2 is 1.20 bits per heavy atom. The molecule has 2 saturated heterocycles. The molecule has 2 fully saturated rings. The van der Waals surface area contributed by atoms with E-state index in [2.05, 4.69) is 69.1 Å². The van der Waals surface area contributed by atoms with Crippen LogP contribution in [0.1, 0.15) is 94.0 Å². The normalized spacial score (nSPS) is 19.2. The Morgan fingerprint density at radius 1 is 0.678 bits per heavy atom. The molecule has 3 aliphatic rings. The van der Waals surface area contributed by atoms with E-state index in [0.29, 0.717) is 13.1 Å². The number of carbonyl (C=O) groups is 4. The largest absolute Gasteiger partial charge is 0.453 e. The molecule has 4 N–H and O–H groups in total. The maximum absolute atomic E-state index is 14.0. The van der Waals surface area contributed by atoms with Gasteiger partial charge in [0.2, 0.25) is 11.8 Å². The summed E-state index contributed by atoms with van der Waals surface area (Å²) < 4.78 is 15.1. The molecule has 7 rings (SSSR count). The molecule has 0 unspecified atom stereocenters. The quantitative estimate of drug-likeness (QED) is 0.118. The zero-order valence-corrected chi connectivity index (χ0v) is 34.9. The molecular weight excluding hydrogens is 751 g/mol. The van der Waals surface area contributed by atoms with Crippen LogP contribution in [0.4, 0.5) is 9.59 Å². The molecule has 2 aromatic carbocycles. The highest BCUT2D eigenvalue weighted by Gasteiger charge is 2.40. The van der Waals surface area contributed by atoms with E-state index in [1.54, 1.807) is 6.92 Å². The molecule has 4 aromatic rings. The number of ether oxygens (including phenoxy) is 3. The fourth-order valence-electron chi connectivity index (χ4n) is 9.02. The smallest absolute Gasteiger partial charge is 0.407 e. The number of alkyl carbamates (subject to hydrolysis) is 2. The van der Waals surface area contributed by atoms with Crippen LogP contribution in [0.25, 0.3) is 33.6 Å². The number of carbonyl (C=O) groups excluding carboxylic acids is 4. The molecule has 14 heteroatoms. The molecule has 0 spiro atoms. The molecule has 4 amide bonds. The number of nitrogens with zero attached hydrogens (tertiary/aromatic N) is 3. The second-order valence-electron chi connectivity index (χ2n) is 16.2. The van der Waals surface area contributed by atoms with Crippen molar-refractivity contribution in [2.75, 3.05) is 34.4 Å². The molecule has 1 aliphatic carbocycles. The Bertz CT molecular complexity index is 2130. The van der Waals surface area contributed by atoms with E-state index in [4.69, 9.17) is 19.2 Å². The predicted octanol–water partition coefficient (Wildman–Crippen LogP) is 7.08. The first-order valence-corrected chi connectivity index (χ1v) is 20.8. The van der Waals surface area contributed by atoms with Crippen LogP contribution < -0.4 is 10.6 Å². The number of methoxy groups -OCH3 is 3. The summed E-state index contributed by atoms with van der Waals surface area (Å²) in [4.78, 5) is 67.5. The summed E-state index contributed by atoms with van der Waals surface area (Å²) in [7, 11) is 4.11. The van der Waals surface area contributed by atoms with Crippen molar-refractivity contribution in [3.63, 3.8) is 0 Å². The van der Waals surface area contributed by atoms with Crippen molar-refractivity contribution in [2.45, 2.75) is 102 Å². The van der Waals surface area contributed by atoms with Gasteiger partial charge in [-0.3, -0.25) is 9.59 Å². The molecule has 0 radical (unpaired) electrons. The lowest BCUT2D eigenvalue weighted by molar-refractivity contribution is -0.137. The third kappa shape index (κ3) is 8.59. The summed E-state index contributed by atoms with van der Waals surface area (Å²) in [6.45, 7) is 6.79. The molecule has 314 valence electrons. The summed E-state index contributed by atoms with van der Waals surface area (Å²) >= 11 is 0. The van der Waals surface area contributed by atoms with E-state index in [1.165, 1.54) is 32.5 Å². The van der Waals surface area contributed by atoms with Crippen molar-refractivity contribution in [1.29, 1.82) is 0 Å². The van der Waals surface area contributed by atoms with Crippen LogP contribution in [-0.2, 0) is 36.6 Å². The van der Waals surface area contributed by atoms with Gasteiger partial charge in [-0.25, -0.2) is 14.6 Å². The van der Waals surface area contributed by atoms with Crippen LogP contribution in [0.3, 0.4) is 0 Å². The maximum atomic E-state index is 14.0. The van der Waals surface area contributed by atoms with Crippen molar-refractivity contribution in [3.8, 4) is 33.6 Å². The van der Waals surface area contributed by atoms with Gasteiger partial charge in [0.05, 0.1) is 44.3 Å². The third-order valence-corrected chi connectivity index (χ3v) is 12.3. The number of aromatic amines is 2. The molecule has 0 bridgehead atoms. The first kappa shape index (κ1) is 41.5. The topological polar surface area (TPSA) is 171 Å². The van der Waals surface area contributed by atoms with Crippen molar-refractivity contribution in [3.05, 3.63) is 77.4 Å². The van der Waals surface area contributed by atoms with Gasteiger partial charge in [0.25, 0.3) is 0 Å². The average molecular weight is 808 g/mol. The van der Waals surface area contributed by atoms with Crippen LogP contribution >= 0.6 is 0 Å². The van der Waals surface area contributed by atoms with Gasteiger partial charge in [0.15, 0.2) is 0 Å². The number of hydrogen-bond donors (Lipinski definition) is 4. The lowest BCUT2D eigenvalue weighted by Crippen LogP contribution is -2.54. The van der Waals surface area contributed by atoms with Crippen molar-refractivity contribution >= 4 is 24.0 Å². The summed E-state index contributed by atoms with van der Waals surface area (Å²) in [6.07, 6.45) is 7.52. The molecule has 0 saturated carbocycles. The zero-order valence-electron chi connectivity index (χ0n) is 34.9. The van der Waals surface area contributed by atoms with Gasteiger partial charge < -0.3 is 44.6 Å². The SMILES string of the molecule is COC(=O)N[C@H](C(=O)N1CCC[C@H]1c1ncc(-c2ccc(-c3ccc(-c4[nH]c([C@@H]5CCCN5C(=O)[C@@H](NC(=O)OC)[C@@H](C)OC)c5c4CCCC5)cc3)cc2)[nH]1)C(C)C. The minimum atomic E-state index is -0.862. The number of nitrogens with one attached hydrogen (secondary N) is 4. The Morgan fingerprint density at radius 3 is 1.80 bits per heavy atom. The van der Waals surface area contributed by atoms with Gasteiger partial charge in [-0.15, -0.1) is 0 Å². The van der Waals surface area contributed by atoms with Gasteiger partial charge >= 0.3 is 12.2 Å². The van der Waals surface area contributed by atoms with Gasteiger partial charge in [-0.1, -0.05) is 62.4 Å². The molecule has 2 aromatic heterocycles. The highest BCUT2D eigenvalue weighted by atomic mass is 16.5. The fraction of sp³-hybridized carbons (Fsp3) is 0.489. The maximum Gasteiger partial charge on any atom is 0.407 e. The lowest BCUT2D eigenvalue weighted by atomic mass is 9.88. The van der Waals surface area contributed by atoms with E-state index < -0.39 is 30.4 Å². The summed E-state index contributed by atoms with van der Waals surface area (Å²) in [6, 6.07) is 15.1. The number of amides is 4. The van der Waals surface area contributed by atoms with Crippen LogP contribution in [0, 0.1) is 5.92 Å². The minimum Gasteiger partial charge on any atom is -0.453 e. The van der Waals surface area contributed by atoms with Crippen LogP contribution in [0.5, 0.6) is 0 Å². The number of likely N-dealkylation sites (tertiary alicyclic amines) is 2. The van der Waals surface area contributed by atoms with Crippen molar-refractivity contribution in [1.82, 2.24) is 35.4 Å². The molecule has 14 nitrogen and oxygen atoms in total. The highest BCUT2D eigenvalue weighted by molar-refractivity contribution is 5.87. The van der Waals surface area contributed by atoms with Gasteiger partial charge in [0, 0.05) is 31.6 Å². The average Bonchev–Trinajstić information content (AvgIpc) is 4.10. The van der Waals surface area contributed by atoms with Crippen LogP contribution in [0.2, 0.25) is 0 Å². The predicted molar refractivity (Wildman–Crippen MR) is 223 cm³/mol. The second-order valence-corrected chi connectivity index (χ2v) is 16.2. The molecule has 5 atom stereocenters. The second kappa shape index (κ2) is 18.1. The number of imidazole rings is 1. The van der Waals surface area contributed by atoms with Crippen molar-refractivity contribution < 1.29 is 33.4 Å². The number of fused-ring (bicyclic) bond motifs is 1. The van der Waals surface area contributed by atoms with Crippen LogP contribution in [-0.4, -0.2) is 101 Å². The van der Waals surface area contributed by atoms with Gasteiger partial charge in [-0.2, -0.15) is 0 Å². The summed E-state index contributed by atoms with van der Waals surface area (Å²) in [5.74, 6) is 0.318. The molecule has 59 heavy (non-hydrogen) atoms. The van der Waals surface area contributed by atoms with E-state index >= 15 is 0 Å². The van der Waals surface area contributed by atoms with E-state index in [1.807, 2.05) is 29.8 Å². The monoisotopic (exact) mass is 807 g/mol. The number of H-pyrrole nitrogens is 2. The Kier molecular flexibility index (Phi) is 12.7. The Labute approximate surface area is 345 Å². The summed E-state index contributed by atoms with van der Waals surface area (Å²) in [5, 5.41) is 5.41. The highest BCUT2D eigenvalue weighted by Crippen LogP contribution is 2.42. The van der Waals surface area contributed by atoms with Gasteiger partial charge in [-0.05, 0) is 97.6 Å². The lowest BCUT2D eigenvalue weighted by Gasteiger charge is -2.31. The Hall–Kier alpha value is -5.63. The summed E-state index contributed by atoms with van der Waals surface area (Å²) in [5.41, 5.74) is 10.0. The molecular formula is C45H57N7O7. The van der Waals surface area contributed by atoms with E-state index in [9.17, 15) is 19.2 Å². The molecule has 2 aliphatic heterocycles. The van der Waals surface area contributed by atoms with Crippen molar-refractivity contribution in [2.24, 2.45) is 5.92 Å². The first-order valence-electron chi connectivity index (χ1n) is 20.8. The van der Waals surface area contributed by atoms with Crippen LogP contribution in [0.15, 0.2) is 54.7 Å². The minimum absolute atomic E-state index is 0.104. The molecule has 4 heterocycles. The number of rotatable bonds is 12. The van der Waals surface area contributed by atoms with E-state index in [-0.39, 0.29) is 29.8 Å². The fourth-order valence-corrected chi connectivity index (χ4v) is 9.02.